The monoisotopic (exact) mass is 303 g/mol. The topological polar surface area (TPSA) is 46.6 Å². The number of methoxy groups -OCH3 is 1. The third-order valence-corrected chi connectivity index (χ3v) is 4.76. The Balaban J connectivity index is 2.20. The molecule has 0 fully saturated rings. The lowest BCUT2D eigenvalue weighted by molar-refractivity contribution is 0.414. The average Bonchev–Trinajstić information content (AvgIpc) is 2.53. The Kier molecular flexibility index (Phi) is 4.65. The van der Waals surface area contributed by atoms with Crippen LogP contribution in [0.1, 0.15) is 5.56 Å². The van der Waals surface area contributed by atoms with Crippen LogP contribution in [0.15, 0.2) is 65.7 Å². The van der Waals surface area contributed by atoms with E-state index in [2.05, 4.69) is 0 Å². The quantitative estimate of drug-likeness (QED) is 0.853. The Morgan fingerprint density at radius 3 is 2.19 bits per heavy atom. The second-order valence-electron chi connectivity index (χ2n) is 4.42. The molecule has 2 aromatic carbocycles. The maximum Gasteiger partial charge on any atom is 0.263 e. The molecule has 0 saturated carbocycles. The molecule has 4 nitrogen and oxygen atoms in total. The molecule has 0 aliphatic heterocycles. The standard InChI is InChI=1S/C16H17NO3S/c1-17(13-12-14-6-4-3-5-7-14)21(18,19)16-10-8-15(20-2)9-11-16/h3-13H,1-2H3/b13-12+. The molecule has 0 spiro atoms. The van der Waals surface area contributed by atoms with Gasteiger partial charge in [-0.25, -0.2) is 8.42 Å². The van der Waals surface area contributed by atoms with Gasteiger partial charge < -0.3 is 4.74 Å². The first-order chi connectivity index (χ1) is 10.0. The summed E-state index contributed by atoms with van der Waals surface area (Å²) < 4.78 is 31.0. The highest BCUT2D eigenvalue weighted by Crippen LogP contribution is 2.19. The molecule has 0 aliphatic rings. The molecule has 0 radical (unpaired) electrons. The van der Waals surface area contributed by atoms with Gasteiger partial charge in [-0.3, -0.25) is 4.31 Å². The van der Waals surface area contributed by atoms with Crippen molar-refractivity contribution in [3.05, 3.63) is 66.4 Å². The van der Waals surface area contributed by atoms with E-state index in [9.17, 15) is 8.42 Å². The van der Waals surface area contributed by atoms with E-state index in [1.807, 2.05) is 30.3 Å². The van der Waals surface area contributed by atoms with E-state index in [-0.39, 0.29) is 4.90 Å². The van der Waals surface area contributed by atoms with Crippen LogP contribution in [-0.4, -0.2) is 26.9 Å². The summed E-state index contributed by atoms with van der Waals surface area (Å²) in [6.45, 7) is 0. The zero-order chi connectivity index (χ0) is 15.3. The smallest absolute Gasteiger partial charge is 0.263 e. The first kappa shape index (κ1) is 15.1. The lowest BCUT2D eigenvalue weighted by atomic mass is 10.2. The molecule has 0 N–H and O–H groups in total. The molecular formula is C16H17NO3S. The molecular weight excluding hydrogens is 286 g/mol. The van der Waals surface area contributed by atoms with Gasteiger partial charge in [-0.15, -0.1) is 0 Å². The highest BCUT2D eigenvalue weighted by molar-refractivity contribution is 7.89. The lowest BCUT2D eigenvalue weighted by Crippen LogP contribution is -2.21. The highest BCUT2D eigenvalue weighted by atomic mass is 32.2. The number of sulfonamides is 1. The van der Waals surface area contributed by atoms with Crippen LogP contribution < -0.4 is 4.74 Å². The van der Waals surface area contributed by atoms with Gasteiger partial charge in [-0.1, -0.05) is 30.3 Å². The van der Waals surface area contributed by atoms with Gasteiger partial charge in [0.2, 0.25) is 0 Å². The van der Waals surface area contributed by atoms with Crippen molar-refractivity contribution >= 4 is 16.1 Å². The molecule has 0 atom stereocenters. The second kappa shape index (κ2) is 6.45. The van der Waals surface area contributed by atoms with Crippen molar-refractivity contribution < 1.29 is 13.2 Å². The minimum atomic E-state index is -3.54. The number of nitrogens with zero attached hydrogens (tertiary/aromatic N) is 1. The third-order valence-electron chi connectivity index (χ3n) is 3.01. The Bertz CT molecular complexity index is 707. The van der Waals surface area contributed by atoms with Crippen LogP contribution in [0.25, 0.3) is 6.08 Å². The Labute approximate surface area is 125 Å². The number of hydrogen-bond acceptors (Lipinski definition) is 3. The fraction of sp³-hybridized carbons (Fsp3) is 0.125. The Morgan fingerprint density at radius 2 is 1.62 bits per heavy atom. The van der Waals surface area contributed by atoms with E-state index in [0.29, 0.717) is 5.75 Å². The molecule has 0 aromatic heterocycles. The van der Waals surface area contributed by atoms with Crippen LogP contribution in [0, 0.1) is 0 Å². The lowest BCUT2D eigenvalue weighted by Gasteiger charge is -2.15. The number of hydrogen-bond donors (Lipinski definition) is 0. The summed E-state index contributed by atoms with van der Waals surface area (Å²) in [5.41, 5.74) is 0.939. The van der Waals surface area contributed by atoms with Crippen molar-refractivity contribution in [2.75, 3.05) is 14.2 Å². The summed E-state index contributed by atoms with van der Waals surface area (Å²) in [4.78, 5) is 0.225. The summed E-state index contributed by atoms with van der Waals surface area (Å²) in [5, 5.41) is 0. The van der Waals surface area contributed by atoms with Gasteiger partial charge in [0.15, 0.2) is 0 Å². The normalized spacial score (nSPS) is 11.5. The molecule has 5 heteroatoms. The van der Waals surface area contributed by atoms with E-state index >= 15 is 0 Å². The number of rotatable bonds is 5. The molecule has 110 valence electrons. The van der Waals surface area contributed by atoms with Gasteiger partial charge in [-0.2, -0.15) is 0 Å². The van der Waals surface area contributed by atoms with E-state index in [4.69, 9.17) is 4.74 Å². The fourth-order valence-electron chi connectivity index (χ4n) is 1.75. The maximum atomic E-state index is 12.4. The van der Waals surface area contributed by atoms with Gasteiger partial charge in [0.1, 0.15) is 5.75 Å². The van der Waals surface area contributed by atoms with Crippen molar-refractivity contribution in [3.63, 3.8) is 0 Å². The summed E-state index contributed by atoms with van der Waals surface area (Å²) in [5.74, 6) is 0.622. The summed E-state index contributed by atoms with van der Waals surface area (Å²) in [7, 11) is -0.490. The predicted molar refractivity (Wildman–Crippen MR) is 83.4 cm³/mol. The molecule has 0 saturated heterocycles. The molecule has 0 bridgehead atoms. The van der Waals surface area contributed by atoms with Crippen molar-refractivity contribution in [3.8, 4) is 5.75 Å². The SMILES string of the molecule is COc1ccc(S(=O)(=O)N(C)/C=C/c2ccccc2)cc1. The zero-order valence-corrected chi connectivity index (χ0v) is 12.7. The second-order valence-corrected chi connectivity index (χ2v) is 6.42. The molecule has 0 amide bonds. The molecule has 21 heavy (non-hydrogen) atoms. The van der Waals surface area contributed by atoms with E-state index < -0.39 is 10.0 Å². The fourth-order valence-corrected chi connectivity index (χ4v) is 2.78. The molecule has 0 unspecified atom stereocenters. The largest absolute Gasteiger partial charge is 0.497 e. The summed E-state index contributed by atoms with van der Waals surface area (Å²) >= 11 is 0. The first-order valence-corrected chi connectivity index (χ1v) is 7.83. The Hall–Kier alpha value is -2.27. The minimum absolute atomic E-state index is 0.225. The first-order valence-electron chi connectivity index (χ1n) is 6.39. The van der Waals surface area contributed by atoms with E-state index in [1.165, 1.54) is 36.8 Å². The summed E-state index contributed by atoms with van der Waals surface area (Å²) in [6, 6.07) is 15.8. The average molecular weight is 303 g/mol. The number of ether oxygens (including phenoxy) is 1. The van der Waals surface area contributed by atoms with Crippen LogP contribution >= 0.6 is 0 Å². The molecule has 0 heterocycles. The van der Waals surface area contributed by atoms with Gasteiger partial charge in [0.25, 0.3) is 10.0 Å². The number of benzene rings is 2. The third kappa shape index (κ3) is 3.64. The van der Waals surface area contributed by atoms with Crippen LogP contribution in [0.5, 0.6) is 5.75 Å². The summed E-state index contributed by atoms with van der Waals surface area (Å²) in [6.07, 6.45) is 3.29. The molecule has 2 rings (SSSR count). The molecule has 0 aliphatic carbocycles. The zero-order valence-electron chi connectivity index (χ0n) is 11.9. The Morgan fingerprint density at radius 1 is 1.00 bits per heavy atom. The van der Waals surface area contributed by atoms with Gasteiger partial charge in [0.05, 0.1) is 12.0 Å². The van der Waals surface area contributed by atoms with Crippen LogP contribution in [0.3, 0.4) is 0 Å². The van der Waals surface area contributed by atoms with Crippen LogP contribution in [-0.2, 0) is 10.0 Å². The van der Waals surface area contributed by atoms with Crippen LogP contribution in [0.2, 0.25) is 0 Å². The van der Waals surface area contributed by atoms with Crippen LogP contribution in [0.4, 0.5) is 0 Å². The van der Waals surface area contributed by atoms with E-state index in [1.54, 1.807) is 18.2 Å². The van der Waals surface area contributed by atoms with Gasteiger partial charge in [0, 0.05) is 13.2 Å². The van der Waals surface area contributed by atoms with Gasteiger partial charge >= 0.3 is 0 Å². The minimum Gasteiger partial charge on any atom is -0.497 e. The van der Waals surface area contributed by atoms with Crippen molar-refractivity contribution in [1.29, 1.82) is 0 Å². The van der Waals surface area contributed by atoms with Crippen molar-refractivity contribution in [2.45, 2.75) is 4.90 Å². The van der Waals surface area contributed by atoms with Crippen molar-refractivity contribution in [1.82, 2.24) is 4.31 Å². The highest BCUT2D eigenvalue weighted by Gasteiger charge is 2.17. The molecule has 2 aromatic rings. The van der Waals surface area contributed by atoms with E-state index in [0.717, 1.165) is 5.56 Å². The van der Waals surface area contributed by atoms with Gasteiger partial charge in [-0.05, 0) is 35.9 Å². The van der Waals surface area contributed by atoms with Crippen molar-refractivity contribution in [2.24, 2.45) is 0 Å². The maximum absolute atomic E-state index is 12.4. The predicted octanol–water partition coefficient (Wildman–Crippen LogP) is 2.99.